The molecule has 1 heterocycles. The number of hydrogen-bond donors (Lipinski definition) is 2. The molecule has 0 unspecified atom stereocenters. The Balaban J connectivity index is 1.45. The van der Waals surface area contributed by atoms with Crippen LogP contribution in [0.1, 0.15) is 63.5 Å². The van der Waals surface area contributed by atoms with E-state index in [1.54, 1.807) is 0 Å². The zero-order valence-corrected chi connectivity index (χ0v) is 17.8. The Morgan fingerprint density at radius 3 is 2.39 bits per heavy atom. The van der Waals surface area contributed by atoms with E-state index < -0.39 is 0 Å². The van der Waals surface area contributed by atoms with Crippen LogP contribution in [-0.4, -0.2) is 36.9 Å². The summed E-state index contributed by atoms with van der Waals surface area (Å²) in [5.41, 5.74) is 2.88. The van der Waals surface area contributed by atoms with Gasteiger partial charge in [0.1, 0.15) is 0 Å². The fourth-order valence-electron chi connectivity index (χ4n) is 4.53. The maximum absolute atomic E-state index is 11.8. The third-order valence-corrected chi connectivity index (χ3v) is 6.14. The number of aliphatic imine (C=N–C) groups is 1. The van der Waals surface area contributed by atoms with Gasteiger partial charge in [-0.1, -0.05) is 44.5 Å². The Kier molecular flexibility index (Phi) is 6.97. The van der Waals surface area contributed by atoms with E-state index in [9.17, 15) is 4.79 Å². The summed E-state index contributed by atoms with van der Waals surface area (Å²) in [6.45, 7) is 8.01. The van der Waals surface area contributed by atoms with E-state index in [-0.39, 0.29) is 5.91 Å². The minimum Gasteiger partial charge on any atom is -0.356 e. The van der Waals surface area contributed by atoms with Crippen LogP contribution in [0, 0.1) is 11.3 Å². The highest BCUT2D eigenvalue weighted by molar-refractivity contribution is 5.79. The molecule has 1 aliphatic heterocycles. The van der Waals surface area contributed by atoms with E-state index in [4.69, 9.17) is 0 Å². The fraction of sp³-hybridized carbons (Fsp3) is 0.652. The van der Waals surface area contributed by atoms with Crippen LogP contribution < -0.4 is 10.6 Å². The molecular weight excluding hydrogens is 348 g/mol. The van der Waals surface area contributed by atoms with Gasteiger partial charge in [0.15, 0.2) is 5.96 Å². The van der Waals surface area contributed by atoms with Crippen molar-refractivity contribution in [1.29, 1.82) is 0 Å². The number of nitrogens with zero attached hydrogens (tertiary/aromatic N) is 2. The fourth-order valence-corrected chi connectivity index (χ4v) is 4.53. The van der Waals surface area contributed by atoms with Gasteiger partial charge in [-0.25, -0.2) is 0 Å². The highest BCUT2D eigenvalue weighted by Gasteiger charge is 2.37. The number of amides is 1. The predicted molar refractivity (Wildman–Crippen MR) is 115 cm³/mol. The van der Waals surface area contributed by atoms with Gasteiger partial charge >= 0.3 is 0 Å². The lowest BCUT2D eigenvalue weighted by molar-refractivity contribution is -0.128. The molecule has 0 aromatic heterocycles. The first kappa shape index (κ1) is 20.7. The van der Waals surface area contributed by atoms with Crippen LogP contribution >= 0.6 is 0 Å². The summed E-state index contributed by atoms with van der Waals surface area (Å²) in [7, 11) is 1.83. The standard InChI is InChI=1S/C23H36N4O/c1-18(2)14-23(11-5-12-23)17-26-22(24-3)25-15-19-7-9-20(10-8-19)16-27-13-4-6-21(27)28/h7-10,18H,4-6,11-17H2,1-3H3,(H2,24,25,26). The number of likely N-dealkylation sites (tertiary alicyclic amines) is 1. The summed E-state index contributed by atoms with van der Waals surface area (Å²) in [6, 6.07) is 8.54. The first-order chi connectivity index (χ1) is 13.5. The average molecular weight is 385 g/mol. The molecule has 0 radical (unpaired) electrons. The van der Waals surface area contributed by atoms with Gasteiger partial charge in [0.05, 0.1) is 0 Å². The van der Waals surface area contributed by atoms with E-state index >= 15 is 0 Å². The number of guanidine groups is 1. The van der Waals surface area contributed by atoms with Gasteiger partial charge in [-0.15, -0.1) is 0 Å². The molecule has 1 amide bonds. The molecule has 2 N–H and O–H groups in total. The molecular formula is C23H36N4O. The summed E-state index contributed by atoms with van der Waals surface area (Å²) >= 11 is 0. The second-order valence-electron chi connectivity index (χ2n) is 8.97. The number of nitrogens with one attached hydrogen (secondary N) is 2. The zero-order valence-electron chi connectivity index (χ0n) is 17.8. The molecule has 0 spiro atoms. The number of carbonyl (C=O) groups is 1. The maximum Gasteiger partial charge on any atom is 0.222 e. The van der Waals surface area contributed by atoms with Crippen LogP contribution in [0.5, 0.6) is 0 Å². The van der Waals surface area contributed by atoms with Gasteiger partial charge in [-0.3, -0.25) is 9.79 Å². The Morgan fingerprint density at radius 2 is 1.86 bits per heavy atom. The topological polar surface area (TPSA) is 56.7 Å². The number of benzene rings is 1. The molecule has 2 aliphatic rings. The third-order valence-electron chi connectivity index (χ3n) is 6.14. The summed E-state index contributed by atoms with van der Waals surface area (Å²) in [6.07, 6.45) is 7.00. The molecule has 154 valence electrons. The van der Waals surface area contributed by atoms with Crippen molar-refractivity contribution in [3.05, 3.63) is 35.4 Å². The van der Waals surface area contributed by atoms with Gasteiger partial charge in [-0.05, 0) is 48.1 Å². The van der Waals surface area contributed by atoms with E-state index in [1.165, 1.54) is 36.8 Å². The van der Waals surface area contributed by atoms with Crippen molar-refractivity contribution in [1.82, 2.24) is 15.5 Å². The molecule has 5 nitrogen and oxygen atoms in total. The Hall–Kier alpha value is -2.04. The monoisotopic (exact) mass is 384 g/mol. The first-order valence-electron chi connectivity index (χ1n) is 10.8. The molecule has 0 atom stereocenters. The van der Waals surface area contributed by atoms with Gasteiger partial charge in [0, 0.05) is 39.6 Å². The molecule has 1 saturated heterocycles. The molecule has 3 rings (SSSR count). The normalized spacial score (nSPS) is 19.1. The van der Waals surface area contributed by atoms with Crippen molar-refractivity contribution in [3.63, 3.8) is 0 Å². The van der Waals surface area contributed by atoms with E-state index in [2.05, 4.69) is 53.7 Å². The van der Waals surface area contributed by atoms with Crippen molar-refractivity contribution in [2.75, 3.05) is 20.1 Å². The average Bonchev–Trinajstić information content (AvgIpc) is 3.05. The van der Waals surface area contributed by atoms with Crippen molar-refractivity contribution < 1.29 is 4.79 Å². The smallest absolute Gasteiger partial charge is 0.222 e. The van der Waals surface area contributed by atoms with Crippen LogP contribution in [0.15, 0.2) is 29.3 Å². The molecule has 1 aromatic carbocycles. The van der Waals surface area contributed by atoms with Crippen molar-refractivity contribution in [3.8, 4) is 0 Å². The van der Waals surface area contributed by atoms with Gasteiger partial charge in [-0.2, -0.15) is 0 Å². The number of hydrogen-bond acceptors (Lipinski definition) is 2. The SMILES string of the molecule is CN=C(NCc1ccc(CN2CCCC2=O)cc1)NCC1(CC(C)C)CCC1. The van der Waals surface area contributed by atoms with Crippen molar-refractivity contribution in [2.45, 2.75) is 65.5 Å². The molecule has 28 heavy (non-hydrogen) atoms. The second-order valence-corrected chi connectivity index (χ2v) is 8.97. The van der Waals surface area contributed by atoms with Gasteiger partial charge in [0.25, 0.3) is 0 Å². The molecule has 5 heteroatoms. The lowest BCUT2D eigenvalue weighted by atomic mass is 9.64. The number of rotatable bonds is 8. The Bertz CT molecular complexity index is 676. The van der Waals surface area contributed by atoms with E-state index in [1.807, 2.05) is 11.9 Å². The maximum atomic E-state index is 11.8. The predicted octanol–water partition coefficient (Wildman–Crippen LogP) is 3.69. The Morgan fingerprint density at radius 1 is 1.14 bits per heavy atom. The van der Waals surface area contributed by atoms with E-state index in [0.29, 0.717) is 11.8 Å². The summed E-state index contributed by atoms with van der Waals surface area (Å²) in [4.78, 5) is 18.1. The van der Waals surface area contributed by atoms with Crippen molar-refractivity contribution in [2.24, 2.45) is 16.3 Å². The first-order valence-corrected chi connectivity index (χ1v) is 10.8. The highest BCUT2D eigenvalue weighted by Crippen LogP contribution is 2.45. The lowest BCUT2D eigenvalue weighted by Crippen LogP contribution is -2.46. The lowest BCUT2D eigenvalue weighted by Gasteiger charge is -2.43. The third kappa shape index (κ3) is 5.49. The quantitative estimate of drug-likeness (QED) is 0.531. The Labute approximate surface area is 170 Å². The molecule has 2 fully saturated rings. The van der Waals surface area contributed by atoms with Crippen LogP contribution in [0.3, 0.4) is 0 Å². The molecule has 1 aliphatic carbocycles. The minimum atomic E-state index is 0.280. The van der Waals surface area contributed by atoms with Crippen LogP contribution in [0.25, 0.3) is 0 Å². The molecule has 1 aromatic rings. The summed E-state index contributed by atoms with van der Waals surface area (Å²) in [5.74, 6) is 1.90. The molecule has 1 saturated carbocycles. The number of carbonyl (C=O) groups excluding carboxylic acids is 1. The summed E-state index contributed by atoms with van der Waals surface area (Å²) < 4.78 is 0. The molecule has 0 bridgehead atoms. The van der Waals surface area contributed by atoms with Crippen LogP contribution in [-0.2, 0) is 17.9 Å². The van der Waals surface area contributed by atoms with Crippen molar-refractivity contribution >= 4 is 11.9 Å². The summed E-state index contributed by atoms with van der Waals surface area (Å²) in [5, 5.41) is 6.98. The highest BCUT2D eigenvalue weighted by atomic mass is 16.2. The van der Waals surface area contributed by atoms with Gasteiger partial charge in [0.2, 0.25) is 5.91 Å². The second kappa shape index (κ2) is 9.44. The van der Waals surface area contributed by atoms with Crippen LogP contribution in [0.2, 0.25) is 0 Å². The van der Waals surface area contributed by atoms with Gasteiger partial charge < -0.3 is 15.5 Å². The van der Waals surface area contributed by atoms with Crippen LogP contribution in [0.4, 0.5) is 0 Å². The van der Waals surface area contributed by atoms with E-state index in [0.717, 1.165) is 44.5 Å². The minimum absolute atomic E-state index is 0.280. The zero-order chi connectivity index (χ0) is 20.0. The largest absolute Gasteiger partial charge is 0.356 e.